The van der Waals surface area contributed by atoms with Crippen molar-refractivity contribution in [2.45, 2.75) is 96.7 Å². The Morgan fingerprint density at radius 1 is 1.19 bits per heavy atom. The Morgan fingerprint density at radius 2 is 1.96 bits per heavy atom. The van der Waals surface area contributed by atoms with E-state index in [0.29, 0.717) is 17.8 Å². The molecular weight excluding hydrogens is 332 g/mol. The van der Waals surface area contributed by atoms with Gasteiger partial charge in [-0.05, 0) is 99.2 Å². The maximum atomic E-state index is 11.3. The molecule has 0 spiro atoms. The molecule has 0 radical (unpaired) electrons. The van der Waals surface area contributed by atoms with Crippen LogP contribution in [0, 0.1) is 46.8 Å². The van der Waals surface area contributed by atoms with Crippen molar-refractivity contribution in [3.05, 3.63) is 11.6 Å². The first-order valence-electron chi connectivity index (χ1n) is 11.3. The summed E-state index contributed by atoms with van der Waals surface area (Å²) >= 11 is 0. The van der Waals surface area contributed by atoms with Gasteiger partial charge in [-0.2, -0.15) is 0 Å². The summed E-state index contributed by atoms with van der Waals surface area (Å²) in [5.41, 5.74) is 1.45. The Hall–Kier alpha value is -0.780. The molecule has 0 aromatic carbocycles. The number of aliphatic hydroxyl groups is 2. The van der Waals surface area contributed by atoms with E-state index in [1.807, 2.05) is 6.92 Å². The molecule has 1 unspecified atom stereocenters. The molecule has 0 saturated heterocycles. The first-order chi connectivity index (χ1) is 12.7. The lowest BCUT2D eigenvalue weighted by molar-refractivity contribution is -0.104. The second-order valence-electron chi connectivity index (χ2n) is 10.9. The minimum atomic E-state index is -0.642. The predicted molar refractivity (Wildman–Crippen MR) is 110 cm³/mol. The Bertz CT molecular complexity index is 656. The van der Waals surface area contributed by atoms with E-state index in [0.717, 1.165) is 49.9 Å². The molecule has 27 heavy (non-hydrogen) atoms. The fraction of sp³-hybridized carbons (Fsp3) is 0.840. The highest BCUT2D eigenvalue weighted by molar-refractivity contribution is 5.25. The van der Waals surface area contributed by atoms with Gasteiger partial charge in [0, 0.05) is 6.42 Å². The van der Waals surface area contributed by atoms with Crippen molar-refractivity contribution in [2.75, 3.05) is 0 Å². The van der Waals surface area contributed by atoms with Gasteiger partial charge in [0.2, 0.25) is 0 Å². The van der Waals surface area contributed by atoms with Crippen LogP contribution in [0.25, 0.3) is 0 Å². The van der Waals surface area contributed by atoms with Crippen LogP contribution in [0.3, 0.4) is 0 Å². The van der Waals surface area contributed by atoms with Crippen molar-refractivity contribution in [3.63, 3.8) is 0 Å². The van der Waals surface area contributed by atoms with Gasteiger partial charge in [-0.15, -0.1) is 12.3 Å². The molecule has 0 amide bonds. The van der Waals surface area contributed by atoms with Crippen LogP contribution in [0.5, 0.6) is 0 Å². The minimum absolute atomic E-state index is 0.128. The van der Waals surface area contributed by atoms with Gasteiger partial charge < -0.3 is 10.2 Å². The summed E-state index contributed by atoms with van der Waals surface area (Å²) < 4.78 is 0. The molecule has 0 aromatic heterocycles. The first-order valence-corrected chi connectivity index (χ1v) is 11.3. The van der Waals surface area contributed by atoms with Gasteiger partial charge in [-0.3, -0.25) is 0 Å². The first kappa shape index (κ1) is 19.5. The molecular formula is C25H38O2. The maximum absolute atomic E-state index is 11.3. The van der Waals surface area contributed by atoms with Crippen molar-refractivity contribution < 1.29 is 10.2 Å². The number of aliphatic hydroxyl groups excluding tert-OH is 1. The molecule has 2 heteroatoms. The quantitative estimate of drug-likeness (QED) is 0.536. The maximum Gasteiger partial charge on any atom is 0.0662 e. The zero-order chi connectivity index (χ0) is 19.4. The third-order valence-corrected chi connectivity index (χ3v) is 9.60. The van der Waals surface area contributed by atoms with Crippen LogP contribution in [-0.2, 0) is 0 Å². The lowest BCUT2D eigenvalue weighted by Gasteiger charge is -2.59. The van der Waals surface area contributed by atoms with Gasteiger partial charge in [-0.1, -0.05) is 25.5 Å². The molecule has 4 rings (SSSR count). The standard InChI is InChI=1S/C25H38O2/c1-5-6-13-25(4,27)22-10-9-20-19-8-7-17-16-18(26)11-14-23(17,2)21(19)12-15-24(20,22)3/h1,7,18-22,26-27H,6,8-16H2,2-4H3/t18-,19-,20-,21?,22-,23-,24-,25-/m0/s1. The van der Waals surface area contributed by atoms with Gasteiger partial charge in [0.25, 0.3) is 0 Å². The third kappa shape index (κ3) is 2.92. The average Bonchev–Trinajstić information content (AvgIpc) is 2.99. The normalized spacial score (nSPS) is 48.4. The smallest absolute Gasteiger partial charge is 0.0662 e. The molecule has 2 N–H and O–H groups in total. The van der Waals surface area contributed by atoms with Crippen LogP contribution in [0.4, 0.5) is 0 Å². The number of fused-ring (bicyclic) bond motifs is 5. The highest BCUT2D eigenvalue weighted by atomic mass is 16.3. The monoisotopic (exact) mass is 370 g/mol. The molecule has 150 valence electrons. The van der Waals surface area contributed by atoms with Crippen molar-refractivity contribution in [2.24, 2.45) is 34.5 Å². The number of hydrogen-bond acceptors (Lipinski definition) is 2. The van der Waals surface area contributed by atoms with E-state index in [9.17, 15) is 10.2 Å². The predicted octanol–water partition coefficient (Wildman–Crippen LogP) is 5.09. The Labute approximate surface area is 165 Å². The SMILES string of the molecule is C#CCC[C@](C)(O)[C@H]1CC[C@H]2[C@@H]3CC=C4C[C@@H](O)CC[C@]4(C)C3CC[C@@]21C. The van der Waals surface area contributed by atoms with Crippen molar-refractivity contribution >= 4 is 0 Å². The van der Waals surface area contributed by atoms with Gasteiger partial charge >= 0.3 is 0 Å². The lowest BCUT2D eigenvalue weighted by atomic mass is 9.46. The average molecular weight is 371 g/mol. The Balaban J connectivity index is 1.60. The summed E-state index contributed by atoms with van der Waals surface area (Å²) in [5.74, 6) is 5.33. The fourth-order valence-electron chi connectivity index (χ4n) is 8.16. The summed E-state index contributed by atoms with van der Waals surface area (Å²) in [6, 6.07) is 0. The largest absolute Gasteiger partial charge is 0.393 e. The van der Waals surface area contributed by atoms with Crippen LogP contribution < -0.4 is 0 Å². The van der Waals surface area contributed by atoms with Gasteiger partial charge in [-0.25, -0.2) is 0 Å². The van der Waals surface area contributed by atoms with Crippen LogP contribution >= 0.6 is 0 Å². The molecule has 3 fully saturated rings. The molecule has 0 aliphatic heterocycles. The summed E-state index contributed by atoms with van der Waals surface area (Å²) in [6.45, 7) is 7.00. The van der Waals surface area contributed by atoms with E-state index in [1.54, 1.807) is 5.57 Å². The molecule has 0 bridgehead atoms. The highest BCUT2D eigenvalue weighted by Crippen LogP contribution is 2.67. The van der Waals surface area contributed by atoms with Crippen LogP contribution in [0.2, 0.25) is 0 Å². The van der Waals surface area contributed by atoms with Gasteiger partial charge in [0.05, 0.1) is 11.7 Å². The number of rotatable bonds is 3. The molecule has 4 aliphatic rings. The molecule has 2 nitrogen and oxygen atoms in total. The molecule has 3 saturated carbocycles. The van der Waals surface area contributed by atoms with E-state index < -0.39 is 5.60 Å². The third-order valence-electron chi connectivity index (χ3n) is 9.60. The highest BCUT2D eigenvalue weighted by Gasteiger charge is 2.61. The van der Waals surface area contributed by atoms with E-state index >= 15 is 0 Å². The van der Waals surface area contributed by atoms with E-state index in [4.69, 9.17) is 6.42 Å². The van der Waals surface area contributed by atoms with Gasteiger partial charge in [0.1, 0.15) is 0 Å². The van der Waals surface area contributed by atoms with Crippen molar-refractivity contribution in [1.82, 2.24) is 0 Å². The summed E-state index contributed by atoms with van der Waals surface area (Å²) in [5, 5.41) is 21.4. The second-order valence-corrected chi connectivity index (χ2v) is 10.9. The molecule has 8 atom stereocenters. The zero-order valence-corrected chi connectivity index (χ0v) is 17.5. The molecule has 0 aromatic rings. The summed E-state index contributed by atoms with van der Waals surface area (Å²) in [7, 11) is 0. The summed E-state index contributed by atoms with van der Waals surface area (Å²) in [6.07, 6.45) is 18.4. The number of hydrogen-bond donors (Lipinski definition) is 2. The summed E-state index contributed by atoms with van der Waals surface area (Å²) in [4.78, 5) is 0. The minimum Gasteiger partial charge on any atom is -0.393 e. The van der Waals surface area contributed by atoms with Crippen LogP contribution in [0.15, 0.2) is 11.6 Å². The van der Waals surface area contributed by atoms with Crippen LogP contribution in [-0.4, -0.2) is 21.9 Å². The molecule has 4 aliphatic carbocycles. The van der Waals surface area contributed by atoms with Crippen molar-refractivity contribution in [1.29, 1.82) is 0 Å². The van der Waals surface area contributed by atoms with E-state index in [2.05, 4.69) is 25.8 Å². The van der Waals surface area contributed by atoms with E-state index in [-0.39, 0.29) is 11.5 Å². The molecule has 0 heterocycles. The number of allylic oxidation sites excluding steroid dienone is 1. The lowest BCUT2D eigenvalue weighted by Crippen LogP contribution is -2.53. The van der Waals surface area contributed by atoms with Crippen LogP contribution in [0.1, 0.15) is 85.0 Å². The second kappa shape index (κ2) is 6.64. The zero-order valence-electron chi connectivity index (χ0n) is 17.5. The fourth-order valence-corrected chi connectivity index (χ4v) is 8.16. The van der Waals surface area contributed by atoms with E-state index in [1.165, 1.54) is 25.7 Å². The Morgan fingerprint density at radius 3 is 2.70 bits per heavy atom. The van der Waals surface area contributed by atoms with Crippen molar-refractivity contribution in [3.8, 4) is 12.3 Å². The number of terminal acetylenes is 1. The Kier molecular flexibility index (Phi) is 4.80. The van der Waals surface area contributed by atoms with Gasteiger partial charge in [0.15, 0.2) is 0 Å². The topological polar surface area (TPSA) is 40.5 Å².